The highest BCUT2D eigenvalue weighted by molar-refractivity contribution is 7.89. The van der Waals surface area contributed by atoms with E-state index < -0.39 is 22.0 Å². The van der Waals surface area contributed by atoms with Gasteiger partial charge in [0.25, 0.3) is 10.0 Å². The first-order valence-electron chi connectivity index (χ1n) is 7.41. The molecular formula is C16H13N3O6S2. The minimum atomic E-state index is -3.99. The number of rotatable bonds is 5. The molecule has 0 atom stereocenters. The van der Waals surface area contributed by atoms with Crippen LogP contribution in [0.1, 0.15) is 20.7 Å². The van der Waals surface area contributed by atoms with Gasteiger partial charge >= 0.3 is 11.9 Å². The van der Waals surface area contributed by atoms with Gasteiger partial charge in [0.05, 0.1) is 26.2 Å². The summed E-state index contributed by atoms with van der Waals surface area (Å²) in [5.41, 5.74) is 0.791. The summed E-state index contributed by atoms with van der Waals surface area (Å²) in [7, 11) is -2.31. The van der Waals surface area contributed by atoms with Gasteiger partial charge in [0.2, 0.25) is 4.80 Å². The van der Waals surface area contributed by atoms with Crippen LogP contribution in [0.25, 0.3) is 10.2 Å². The zero-order valence-corrected chi connectivity index (χ0v) is 15.4. The van der Waals surface area contributed by atoms with Crippen molar-refractivity contribution < 1.29 is 28.2 Å². The van der Waals surface area contributed by atoms with Gasteiger partial charge in [-0.05, 0) is 42.5 Å². The van der Waals surface area contributed by atoms with E-state index in [9.17, 15) is 18.0 Å². The molecule has 3 rings (SSSR count). The summed E-state index contributed by atoms with van der Waals surface area (Å²) in [6.45, 7) is 0. The second kappa shape index (κ2) is 6.85. The standard InChI is InChI=1S/C16H13N3O6S2/c1-19-12-7-4-10(15(22)23)8-13(12)26-16(19)17-18-27(24,25)11-5-2-9(3-6-11)14(20)21/h2-8,18H,1H3,(H,20,21)(H,22,23)/b17-16-. The van der Waals surface area contributed by atoms with Gasteiger partial charge in [0, 0.05) is 7.05 Å². The summed E-state index contributed by atoms with van der Waals surface area (Å²) in [5, 5.41) is 21.8. The van der Waals surface area contributed by atoms with Crippen molar-refractivity contribution in [2.24, 2.45) is 12.1 Å². The van der Waals surface area contributed by atoms with Crippen LogP contribution in [-0.4, -0.2) is 35.1 Å². The number of carbonyl (C=O) groups is 2. The summed E-state index contributed by atoms with van der Waals surface area (Å²) in [5.74, 6) is -2.22. The molecule has 0 saturated carbocycles. The molecule has 3 N–H and O–H groups in total. The number of aromatic nitrogens is 1. The lowest BCUT2D eigenvalue weighted by atomic mass is 10.2. The molecule has 0 bridgehead atoms. The van der Waals surface area contributed by atoms with Gasteiger partial charge in [0.1, 0.15) is 0 Å². The number of hydrogen-bond acceptors (Lipinski definition) is 6. The molecule has 0 fully saturated rings. The van der Waals surface area contributed by atoms with Crippen molar-refractivity contribution in [3.05, 3.63) is 58.4 Å². The lowest BCUT2D eigenvalue weighted by Gasteiger charge is -2.03. The van der Waals surface area contributed by atoms with Crippen LogP contribution in [0.15, 0.2) is 52.5 Å². The third kappa shape index (κ3) is 3.68. The summed E-state index contributed by atoms with van der Waals surface area (Å²) >= 11 is 1.13. The van der Waals surface area contributed by atoms with Gasteiger partial charge in [0.15, 0.2) is 0 Å². The van der Waals surface area contributed by atoms with Crippen molar-refractivity contribution in [1.82, 2.24) is 9.40 Å². The Morgan fingerprint density at radius 1 is 1.04 bits per heavy atom. The molecule has 11 heteroatoms. The molecule has 27 heavy (non-hydrogen) atoms. The molecule has 0 aliphatic heterocycles. The van der Waals surface area contributed by atoms with Crippen molar-refractivity contribution >= 4 is 43.5 Å². The van der Waals surface area contributed by atoms with Crippen molar-refractivity contribution in [1.29, 1.82) is 0 Å². The van der Waals surface area contributed by atoms with Gasteiger partial charge in [-0.2, -0.15) is 13.2 Å². The highest BCUT2D eigenvalue weighted by atomic mass is 32.2. The molecule has 1 aromatic heterocycles. The largest absolute Gasteiger partial charge is 0.478 e. The average Bonchev–Trinajstić information content (AvgIpc) is 2.95. The second-order valence-electron chi connectivity index (χ2n) is 5.47. The summed E-state index contributed by atoms with van der Waals surface area (Å²) in [6, 6.07) is 9.27. The normalized spacial score (nSPS) is 12.3. The predicted molar refractivity (Wildman–Crippen MR) is 97.0 cm³/mol. The number of thiazole rings is 1. The Kier molecular flexibility index (Phi) is 4.72. The van der Waals surface area contributed by atoms with Crippen LogP contribution in [0.4, 0.5) is 0 Å². The third-order valence-corrected chi connectivity index (χ3v) is 6.05. The van der Waals surface area contributed by atoms with E-state index >= 15 is 0 Å². The number of hydrogen-bond donors (Lipinski definition) is 3. The van der Waals surface area contributed by atoms with E-state index in [-0.39, 0.29) is 16.0 Å². The summed E-state index contributed by atoms with van der Waals surface area (Å²) in [4.78, 5) is 24.2. The maximum Gasteiger partial charge on any atom is 0.335 e. The van der Waals surface area contributed by atoms with E-state index in [2.05, 4.69) is 9.93 Å². The molecular weight excluding hydrogens is 394 g/mol. The molecule has 0 unspecified atom stereocenters. The first kappa shape index (κ1) is 18.6. The molecule has 0 spiro atoms. The fourth-order valence-electron chi connectivity index (χ4n) is 2.30. The first-order chi connectivity index (χ1) is 12.7. The van der Waals surface area contributed by atoms with Gasteiger partial charge in [-0.1, -0.05) is 11.3 Å². The van der Waals surface area contributed by atoms with Crippen molar-refractivity contribution in [2.75, 3.05) is 0 Å². The Morgan fingerprint density at radius 3 is 2.22 bits per heavy atom. The Labute approximate surface area is 156 Å². The lowest BCUT2D eigenvalue weighted by Crippen LogP contribution is -2.23. The zero-order chi connectivity index (χ0) is 19.8. The van der Waals surface area contributed by atoms with E-state index in [0.717, 1.165) is 11.3 Å². The molecule has 0 amide bonds. The number of aromatic carboxylic acids is 2. The summed E-state index contributed by atoms with van der Waals surface area (Å²) < 4.78 is 26.9. The molecule has 1 heterocycles. The fraction of sp³-hybridized carbons (Fsp3) is 0.0625. The van der Waals surface area contributed by atoms with Gasteiger partial charge in [-0.3, -0.25) is 0 Å². The average molecular weight is 407 g/mol. The Bertz CT molecular complexity index is 1220. The molecule has 0 aliphatic carbocycles. The first-order valence-corrected chi connectivity index (χ1v) is 9.71. The van der Waals surface area contributed by atoms with Crippen LogP contribution in [0, 0.1) is 0 Å². The molecule has 0 aliphatic rings. The number of fused-ring (bicyclic) bond motifs is 1. The number of nitrogens with zero attached hydrogens (tertiary/aromatic N) is 2. The van der Waals surface area contributed by atoms with Crippen LogP contribution >= 0.6 is 11.3 Å². The smallest absolute Gasteiger partial charge is 0.335 e. The SMILES string of the molecule is Cn1/c(=N/NS(=O)(=O)c2ccc(C(=O)O)cc2)sc2cc(C(=O)O)ccc21. The quantitative estimate of drug-likeness (QED) is 0.547. The van der Waals surface area contributed by atoms with Gasteiger partial charge in [-0.15, -0.1) is 5.10 Å². The molecule has 2 aromatic carbocycles. The van der Waals surface area contributed by atoms with Crippen molar-refractivity contribution in [3.63, 3.8) is 0 Å². The number of benzene rings is 2. The van der Waals surface area contributed by atoms with Crippen LogP contribution in [0.2, 0.25) is 0 Å². The van der Waals surface area contributed by atoms with Crippen LogP contribution in [-0.2, 0) is 17.1 Å². The van der Waals surface area contributed by atoms with Crippen molar-refractivity contribution in [2.45, 2.75) is 4.90 Å². The molecule has 0 saturated heterocycles. The molecule has 9 nitrogen and oxygen atoms in total. The van der Waals surface area contributed by atoms with Crippen molar-refractivity contribution in [3.8, 4) is 0 Å². The second-order valence-corrected chi connectivity index (χ2v) is 8.14. The van der Waals surface area contributed by atoms with Gasteiger partial charge < -0.3 is 14.8 Å². The van der Waals surface area contributed by atoms with Crippen LogP contribution < -0.4 is 9.63 Å². The number of sulfonamides is 1. The Morgan fingerprint density at radius 2 is 1.63 bits per heavy atom. The molecule has 140 valence electrons. The maximum absolute atomic E-state index is 12.3. The van der Waals surface area contributed by atoms with Gasteiger partial charge in [-0.25, -0.2) is 9.59 Å². The van der Waals surface area contributed by atoms with E-state index in [1.54, 1.807) is 17.7 Å². The highest BCUT2D eigenvalue weighted by Crippen LogP contribution is 2.18. The fourth-order valence-corrected chi connectivity index (χ4v) is 4.19. The Hall–Kier alpha value is -3.18. The van der Waals surface area contributed by atoms with Crippen LogP contribution in [0.3, 0.4) is 0 Å². The topological polar surface area (TPSA) is 138 Å². The minimum absolute atomic E-state index is 0.0315. The predicted octanol–water partition coefficient (Wildman–Crippen LogP) is 1.43. The third-order valence-electron chi connectivity index (χ3n) is 3.73. The monoisotopic (exact) mass is 407 g/mol. The molecule has 0 radical (unpaired) electrons. The van der Waals surface area contributed by atoms with E-state index in [4.69, 9.17) is 10.2 Å². The summed E-state index contributed by atoms with van der Waals surface area (Å²) in [6.07, 6.45) is 0. The van der Waals surface area contributed by atoms with E-state index in [1.165, 1.54) is 36.4 Å². The number of nitrogens with one attached hydrogen (secondary N) is 1. The Balaban J connectivity index is 1.95. The van der Waals surface area contributed by atoms with Crippen LogP contribution in [0.5, 0.6) is 0 Å². The number of aryl methyl sites for hydroxylation is 1. The van der Waals surface area contributed by atoms with E-state index in [1.807, 2.05) is 0 Å². The lowest BCUT2D eigenvalue weighted by molar-refractivity contribution is 0.0686. The highest BCUT2D eigenvalue weighted by Gasteiger charge is 2.14. The number of carboxylic acid groups (broad SMARTS) is 2. The minimum Gasteiger partial charge on any atom is -0.478 e. The molecule has 3 aromatic rings. The van der Waals surface area contributed by atoms with E-state index in [0.29, 0.717) is 15.0 Å². The maximum atomic E-state index is 12.3. The zero-order valence-electron chi connectivity index (χ0n) is 13.8. The number of carboxylic acids is 2.